The van der Waals surface area contributed by atoms with Crippen LogP contribution in [0.3, 0.4) is 0 Å². The molecule has 2 aromatic rings. The van der Waals surface area contributed by atoms with Crippen molar-refractivity contribution in [2.75, 3.05) is 23.3 Å². The highest BCUT2D eigenvalue weighted by Crippen LogP contribution is 2.23. The lowest BCUT2D eigenvalue weighted by molar-refractivity contribution is -0.120. The molecule has 1 aliphatic heterocycles. The van der Waals surface area contributed by atoms with E-state index in [1.54, 1.807) is 18.6 Å². The number of anilines is 2. The van der Waals surface area contributed by atoms with E-state index in [4.69, 9.17) is 0 Å². The van der Waals surface area contributed by atoms with Crippen molar-refractivity contribution in [3.63, 3.8) is 0 Å². The Morgan fingerprint density at radius 1 is 1.33 bits per heavy atom. The van der Waals surface area contributed by atoms with E-state index in [1.807, 2.05) is 4.90 Å². The van der Waals surface area contributed by atoms with E-state index in [0.717, 1.165) is 17.4 Å². The van der Waals surface area contributed by atoms with Crippen LogP contribution in [0.15, 0.2) is 27.2 Å². The minimum atomic E-state index is -0.369. The Morgan fingerprint density at radius 3 is 2.83 bits per heavy atom. The van der Waals surface area contributed by atoms with Crippen LogP contribution in [0, 0.1) is 5.92 Å². The van der Waals surface area contributed by atoms with Crippen molar-refractivity contribution in [3.8, 4) is 0 Å². The molecule has 0 aliphatic carbocycles. The van der Waals surface area contributed by atoms with E-state index in [1.165, 1.54) is 29.0 Å². The average Bonchev–Trinajstić information content (AvgIpc) is 3.09. The van der Waals surface area contributed by atoms with Gasteiger partial charge in [0, 0.05) is 44.8 Å². The number of amides is 1. The number of hydrogen-bond donors (Lipinski definition) is 1. The van der Waals surface area contributed by atoms with Crippen molar-refractivity contribution in [3.05, 3.63) is 38.5 Å². The van der Waals surface area contributed by atoms with Gasteiger partial charge < -0.3 is 10.2 Å². The SMILES string of the molecule is Cn1c(N2CCC[C@H](C(=O)Nc3nccs3)C2)cc(=O)n(C)c1=O. The van der Waals surface area contributed by atoms with Gasteiger partial charge in [0.15, 0.2) is 5.13 Å². The first-order valence-corrected chi connectivity index (χ1v) is 8.57. The van der Waals surface area contributed by atoms with Crippen LogP contribution in [0.2, 0.25) is 0 Å². The first kappa shape index (κ1) is 16.4. The van der Waals surface area contributed by atoms with Gasteiger partial charge in [-0.05, 0) is 12.8 Å². The molecule has 0 radical (unpaired) electrons. The van der Waals surface area contributed by atoms with Crippen LogP contribution in [0.4, 0.5) is 10.9 Å². The van der Waals surface area contributed by atoms with Crippen LogP contribution in [0.25, 0.3) is 0 Å². The van der Waals surface area contributed by atoms with E-state index < -0.39 is 0 Å². The summed E-state index contributed by atoms with van der Waals surface area (Å²) in [6, 6.07) is 1.45. The van der Waals surface area contributed by atoms with Gasteiger partial charge in [-0.15, -0.1) is 11.3 Å². The third kappa shape index (κ3) is 3.12. The van der Waals surface area contributed by atoms with Crippen LogP contribution >= 0.6 is 11.3 Å². The fraction of sp³-hybridized carbons (Fsp3) is 0.467. The first-order valence-electron chi connectivity index (χ1n) is 7.69. The van der Waals surface area contributed by atoms with Gasteiger partial charge >= 0.3 is 5.69 Å². The zero-order valence-electron chi connectivity index (χ0n) is 13.6. The van der Waals surface area contributed by atoms with E-state index in [2.05, 4.69) is 10.3 Å². The summed E-state index contributed by atoms with van der Waals surface area (Å²) in [5.74, 6) is 0.264. The monoisotopic (exact) mass is 349 g/mol. The fourth-order valence-electron chi connectivity index (χ4n) is 2.92. The smallest absolute Gasteiger partial charge is 0.332 e. The largest absolute Gasteiger partial charge is 0.357 e. The van der Waals surface area contributed by atoms with Gasteiger partial charge in [0.25, 0.3) is 5.56 Å². The molecule has 1 N–H and O–H groups in total. The van der Waals surface area contributed by atoms with Gasteiger partial charge in [0.1, 0.15) is 5.82 Å². The lowest BCUT2D eigenvalue weighted by atomic mass is 9.97. The molecule has 0 saturated carbocycles. The van der Waals surface area contributed by atoms with Crippen LogP contribution in [0.5, 0.6) is 0 Å². The summed E-state index contributed by atoms with van der Waals surface area (Å²) < 4.78 is 2.52. The Labute approximate surface area is 142 Å². The van der Waals surface area contributed by atoms with E-state index in [9.17, 15) is 14.4 Å². The molecule has 0 spiro atoms. The van der Waals surface area contributed by atoms with Crippen molar-refractivity contribution < 1.29 is 4.79 Å². The normalized spacial score (nSPS) is 17.8. The molecule has 1 fully saturated rings. The molecular formula is C15H19N5O3S. The van der Waals surface area contributed by atoms with Crippen molar-refractivity contribution in [1.29, 1.82) is 0 Å². The number of rotatable bonds is 3. The summed E-state index contributed by atoms with van der Waals surface area (Å²) in [4.78, 5) is 42.4. The van der Waals surface area contributed by atoms with Crippen LogP contribution in [-0.4, -0.2) is 33.1 Å². The van der Waals surface area contributed by atoms with E-state index in [0.29, 0.717) is 24.0 Å². The quantitative estimate of drug-likeness (QED) is 0.866. The zero-order valence-corrected chi connectivity index (χ0v) is 14.4. The molecule has 3 heterocycles. The Bertz CT molecular complexity index is 855. The van der Waals surface area contributed by atoms with Gasteiger partial charge in [-0.1, -0.05) is 0 Å². The molecule has 24 heavy (non-hydrogen) atoms. The molecule has 1 saturated heterocycles. The summed E-state index contributed by atoms with van der Waals surface area (Å²) in [7, 11) is 3.09. The number of carbonyl (C=O) groups excluding carboxylic acids is 1. The predicted octanol–water partition coefficient (Wildman–Crippen LogP) is 0.396. The third-order valence-corrected chi connectivity index (χ3v) is 4.97. The summed E-state index contributed by atoms with van der Waals surface area (Å²) >= 11 is 1.37. The number of nitrogens with zero attached hydrogens (tertiary/aromatic N) is 4. The van der Waals surface area contributed by atoms with Gasteiger partial charge in [0.2, 0.25) is 5.91 Å². The van der Waals surface area contributed by atoms with Crippen LogP contribution in [0.1, 0.15) is 12.8 Å². The summed E-state index contributed by atoms with van der Waals surface area (Å²) in [6.45, 7) is 1.18. The number of thiazole rings is 1. The summed E-state index contributed by atoms with van der Waals surface area (Å²) in [6.07, 6.45) is 3.23. The van der Waals surface area contributed by atoms with Crippen molar-refractivity contribution in [2.45, 2.75) is 12.8 Å². The molecule has 1 aliphatic rings. The predicted molar refractivity (Wildman–Crippen MR) is 92.6 cm³/mol. The molecular weight excluding hydrogens is 330 g/mol. The minimum absolute atomic E-state index is 0.0801. The second-order valence-corrected chi connectivity index (χ2v) is 6.75. The van der Waals surface area contributed by atoms with Gasteiger partial charge in [-0.3, -0.25) is 18.7 Å². The molecule has 0 bridgehead atoms. The first-order chi connectivity index (χ1) is 11.5. The van der Waals surface area contributed by atoms with Gasteiger partial charge in [0.05, 0.1) is 5.92 Å². The lowest BCUT2D eigenvalue weighted by Crippen LogP contribution is -2.45. The highest BCUT2D eigenvalue weighted by atomic mass is 32.1. The fourth-order valence-corrected chi connectivity index (χ4v) is 3.45. The van der Waals surface area contributed by atoms with Gasteiger partial charge in [-0.25, -0.2) is 9.78 Å². The lowest BCUT2D eigenvalue weighted by Gasteiger charge is -2.34. The Morgan fingerprint density at radius 2 is 2.12 bits per heavy atom. The summed E-state index contributed by atoms with van der Waals surface area (Å²) in [5.41, 5.74) is -0.714. The topological polar surface area (TPSA) is 89.2 Å². The van der Waals surface area contributed by atoms with E-state index >= 15 is 0 Å². The molecule has 2 aromatic heterocycles. The van der Waals surface area contributed by atoms with Crippen molar-refractivity contribution in [2.24, 2.45) is 20.0 Å². The molecule has 8 nitrogen and oxygen atoms in total. The maximum atomic E-state index is 12.4. The molecule has 1 amide bonds. The van der Waals surface area contributed by atoms with Gasteiger partial charge in [-0.2, -0.15) is 0 Å². The molecule has 0 aromatic carbocycles. The second-order valence-electron chi connectivity index (χ2n) is 5.85. The molecule has 1 atom stereocenters. The number of nitrogens with one attached hydrogen (secondary N) is 1. The highest BCUT2D eigenvalue weighted by Gasteiger charge is 2.28. The number of aromatic nitrogens is 3. The number of carbonyl (C=O) groups is 1. The van der Waals surface area contributed by atoms with Crippen molar-refractivity contribution >= 4 is 28.2 Å². The minimum Gasteiger partial charge on any atom is -0.357 e. The maximum Gasteiger partial charge on any atom is 0.332 e. The third-order valence-electron chi connectivity index (χ3n) is 4.28. The maximum absolute atomic E-state index is 12.4. The van der Waals surface area contributed by atoms with Crippen LogP contribution in [-0.2, 0) is 18.9 Å². The molecule has 9 heteroatoms. The van der Waals surface area contributed by atoms with E-state index in [-0.39, 0.29) is 23.1 Å². The standard InChI is InChI=1S/C15H19N5O3S/c1-18-11(8-12(21)19(2)15(18)23)20-6-3-4-10(9-20)13(22)17-14-16-5-7-24-14/h5,7-8,10H,3-4,6,9H2,1-2H3,(H,16,17,22)/t10-/m0/s1. The Balaban J connectivity index is 1.80. The van der Waals surface area contributed by atoms with Crippen LogP contribution < -0.4 is 21.5 Å². The molecule has 128 valence electrons. The second kappa shape index (κ2) is 6.60. The highest BCUT2D eigenvalue weighted by molar-refractivity contribution is 7.13. The molecule has 3 rings (SSSR count). The number of piperidine rings is 1. The average molecular weight is 349 g/mol. The number of hydrogen-bond acceptors (Lipinski definition) is 6. The zero-order chi connectivity index (χ0) is 17.3. The Kier molecular flexibility index (Phi) is 4.52. The molecule has 0 unspecified atom stereocenters. The summed E-state index contributed by atoms with van der Waals surface area (Å²) in [5, 5.41) is 5.20. The van der Waals surface area contributed by atoms with Crippen molar-refractivity contribution in [1.82, 2.24) is 14.1 Å². The Hall–Kier alpha value is -2.42.